The molecule has 2 amide bonds. The number of hydrogen-bond donors (Lipinski definition) is 2. The van der Waals surface area contributed by atoms with Gasteiger partial charge in [0.1, 0.15) is 5.69 Å². The molecule has 0 atom stereocenters. The van der Waals surface area contributed by atoms with E-state index in [4.69, 9.17) is 0 Å². The molecule has 31 heavy (non-hydrogen) atoms. The monoisotopic (exact) mass is 441 g/mol. The third-order valence-electron chi connectivity index (χ3n) is 4.57. The third-order valence-corrected chi connectivity index (χ3v) is 5.50. The van der Waals surface area contributed by atoms with Gasteiger partial charge in [-0.25, -0.2) is 5.43 Å². The minimum Gasteiger partial charge on any atom is -0.366 e. The minimum absolute atomic E-state index is 0.0251. The fourth-order valence-electron chi connectivity index (χ4n) is 3.16. The molecule has 1 fully saturated rings. The predicted octanol–water partition coefficient (Wildman–Crippen LogP) is 3.02. The van der Waals surface area contributed by atoms with Crippen LogP contribution in [0.25, 0.3) is 0 Å². The number of carbonyl (C=O) groups excluding carboxylic acids is 2. The Morgan fingerprint density at radius 1 is 1.10 bits per heavy atom. The largest absolute Gasteiger partial charge is 0.366 e. The Bertz CT molecular complexity index is 961. The molecule has 0 unspecified atom stereocenters. The Morgan fingerprint density at radius 3 is 2.52 bits per heavy atom. The Balaban J connectivity index is 1.45. The van der Waals surface area contributed by atoms with Crippen LogP contribution in [-0.2, 0) is 9.59 Å². The van der Waals surface area contributed by atoms with E-state index in [9.17, 15) is 19.7 Å². The van der Waals surface area contributed by atoms with Crippen molar-refractivity contribution in [3.05, 3.63) is 64.2 Å². The summed E-state index contributed by atoms with van der Waals surface area (Å²) in [5.41, 5.74) is 4.22. The summed E-state index contributed by atoms with van der Waals surface area (Å²) in [5, 5.41) is 18.0. The lowest BCUT2D eigenvalue weighted by atomic mass is 10.1. The normalized spacial score (nSPS) is 13.4. The molecule has 0 aromatic heterocycles. The van der Waals surface area contributed by atoms with Crippen LogP contribution in [-0.4, -0.2) is 47.5 Å². The van der Waals surface area contributed by atoms with Crippen LogP contribution < -0.4 is 15.6 Å². The SMILES string of the molecule is O=C(CSCC(=O)Nc1ccccc1)N/N=C/c1ccc(N2CCCC2)c([N+](=O)[O-])c1. The average Bonchev–Trinajstić information content (AvgIpc) is 3.29. The quantitative estimate of drug-likeness (QED) is 0.351. The Hall–Kier alpha value is -3.40. The van der Waals surface area contributed by atoms with Gasteiger partial charge in [0.2, 0.25) is 11.8 Å². The fourth-order valence-corrected chi connectivity index (χ4v) is 3.77. The van der Waals surface area contributed by atoms with Crippen molar-refractivity contribution in [2.45, 2.75) is 12.8 Å². The Morgan fingerprint density at radius 2 is 1.81 bits per heavy atom. The molecule has 2 aromatic rings. The number of carbonyl (C=O) groups is 2. The summed E-state index contributed by atoms with van der Waals surface area (Å²) >= 11 is 1.16. The van der Waals surface area contributed by atoms with E-state index in [0.29, 0.717) is 16.9 Å². The summed E-state index contributed by atoms with van der Waals surface area (Å²) in [6.45, 7) is 1.62. The molecule has 162 valence electrons. The van der Waals surface area contributed by atoms with Crippen molar-refractivity contribution in [2.24, 2.45) is 5.10 Å². The lowest BCUT2D eigenvalue weighted by Crippen LogP contribution is -2.22. The first kappa shape index (κ1) is 22.3. The summed E-state index contributed by atoms with van der Waals surface area (Å²) in [6, 6.07) is 14.0. The van der Waals surface area contributed by atoms with Crippen molar-refractivity contribution >= 4 is 46.9 Å². The summed E-state index contributed by atoms with van der Waals surface area (Å²) < 4.78 is 0. The van der Waals surface area contributed by atoms with Crippen LogP contribution in [0.15, 0.2) is 53.6 Å². The molecule has 2 N–H and O–H groups in total. The van der Waals surface area contributed by atoms with Gasteiger partial charge in [-0.15, -0.1) is 11.8 Å². The molecular weight excluding hydrogens is 418 g/mol. The van der Waals surface area contributed by atoms with Gasteiger partial charge in [-0.05, 0) is 31.0 Å². The van der Waals surface area contributed by atoms with Crippen molar-refractivity contribution in [3.8, 4) is 0 Å². The van der Waals surface area contributed by atoms with Crippen LogP contribution in [0.5, 0.6) is 0 Å². The number of para-hydroxylation sites is 1. The van der Waals surface area contributed by atoms with E-state index in [-0.39, 0.29) is 29.0 Å². The molecular formula is C21H23N5O4S. The summed E-state index contributed by atoms with van der Waals surface area (Å²) in [6.07, 6.45) is 3.42. The van der Waals surface area contributed by atoms with Gasteiger partial charge < -0.3 is 10.2 Å². The van der Waals surface area contributed by atoms with Crippen LogP contribution in [0.1, 0.15) is 18.4 Å². The zero-order chi connectivity index (χ0) is 22.1. The molecule has 0 radical (unpaired) electrons. The molecule has 10 heteroatoms. The number of thioether (sulfide) groups is 1. The lowest BCUT2D eigenvalue weighted by Gasteiger charge is -2.17. The molecule has 1 aliphatic heterocycles. The number of hydrazone groups is 1. The number of nitro benzene ring substituents is 1. The van der Waals surface area contributed by atoms with Gasteiger partial charge in [0, 0.05) is 30.4 Å². The van der Waals surface area contributed by atoms with Gasteiger partial charge in [0.05, 0.1) is 22.6 Å². The molecule has 3 rings (SSSR count). The second kappa shape index (κ2) is 11.1. The molecule has 0 bridgehead atoms. The van der Waals surface area contributed by atoms with E-state index in [2.05, 4.69) is 15.8 Å². The van der Waals surface area contributed by atoms with Crippen LogP contribution in [0.4, 0.5) is 17.1 Å². The third kappa shape index (κ3) is 6.82. The fraction of sp³-hybridized carbons (Fsp3) is 0.286. The maximum absolute atomic E-state index is 11.9. The van der Waals surface area contributed by atoms with Gasteiger partial charge >= 0.3 is 0 Å². The van der Waals surface area contributed by atoms with Crippen LogP contribution in [0.2, 0.25) is 0 Å². The van der Waals surface area contributed by atoms with Gasteiger partial charge in [0.25, 0.3) is 5.69 Å². The van der Waals surface area contributed by atoms with Gasteiger partial charge in [-0.2, -0.15) is 5.10 Å². The molecule has 9 nitrogen and oxygen atoms in total. The van der Waals surface area contributed by atoms with E-state index >= 15 is 0 Å². The number of rotatable bonds is 9. The highest BCUT2D eigenvalue weighted by atomic mass is 32.2. The Kier molecular flexibility index (Phi) is 7.99. The van der Waals surface area contributed by atoms with Crippen LogP contribution >= 0.6 is 11.8 Å². The summed E-state index contributed by atoms with van der Waals surface area (Å²) in [7, 11) is 0. The predicted molar refractivity (Wildman–Crippen MR) is 123 cm³/mol. The van der Waals surface area contributed by atoms with Crippen molar-refractivity contribution in [1.82, 2.24) is 5.43 Å². The van der Waals surface area contributed by atoms with Crippen molar-refractivity contribution in [2.75, 3.05) is 34.8 Å². The van der Waals surface area contributed by atoms with E-state index in [1.807, 2.05) is 23.1 Å². The minimum atomic E-state index is -0.402. The number of amides is 2. The zero-order valence-corrected chi connectivity index (χ0v) is 17.6. The molecule has 1 aliphatic rings. The zero-order valence-electron chi connectivity index (χ0n) is 16.8. The molecule has 1 saturated heterocycles. The van der Waals surface area contributed by atoms with Crippen molar-refractivity contribution in [1.29, 1.82) is 0 Å². The number of nitrogens with one attached hydrogen (secondary N) is 2. The number of hydrogen-bond acceptors (Lipinski definition) is 7. The highest BCUT2D eigenvalue weighted by molar-refractivity contribution is 8.00. The van der Waals surface area contributed by atoms with Crippen molar-refractivity contribution in [3.63, 3.8) is 0 Å². The summed E-state index contributed by atoms with van der Waals surface area (Å²) in [4.78, 5) is 36.8. The molecule has 1 heterocycles. The standard InChI is InChI=1S/C21H23N5O4S/c27-20(23-17-6-2-1-3-7-17)14-31-15-21(28)24-22-13-16-8-9-18(19(12-16)26(29)30)25-10-4-5-11-25/h1-3,6-9,12-13H,4-5,10-11,14-15H2,(H,23,27)(H,24,28)/b22-13+. The van der Waals surface area contributed by atoms with Crippen LogP contribution in [0, 0.1) is 10.1 Å². The van der Waals surface area contributed by atoms with E-state index < -0.39 is 4.92 Å². The second-order valence-corrected chi connectivity index (χ2v) is 7.89. The maximum atomic E-state index is 11.9. The summed E-state index contributed by atoms with van der Waals surface area (Å²) in [5.74, 6) is -0.362. The average molecular weight is 442 g/mol. The molecule has 0 saturated carbocycles. The smallest absolute Gasteiger partial charge is 0.293 e. The van der Waals surface area contributed by atoms with E-state index in [1.54, 1.807) is 24.3 Å². The topological polar surface area (TPSA) is 117 Å². The highest BCUT2D eigenvalue weighted by Crippen LogP contribution is 2.31. The number of benzene rings is 2. The van der Waals surface area contributed by atoms with Gasteiger partial charge in [-0.1, -0.05) is 24.3 Å². The first-order valence-electron chi connectivity index (χ1n) is 9.81. The number of anilines is 2. The first-order chi connectivity index (χ1) is 15.0. The van der Waals surface area contributed by atoms with E-state index in [1.165, 1.54) is 12.3 Å². The second-order valence-electron chi connectivity index (χ2n) is 6.90. The molecule has 2 aromatic carbocycles. The lowest BCUT2D eigenvalue weighted by molar-refractivity contribution is -0.384. The number of nitro groups is 1. The maximum Gasteiger partial charge on any atom is 0.293 e. The highest BCUT2D eigenvalue weighted by Gasteiger charge is 2.22. The molecule has 0 spiro atoms. The number of nitrogens with zero attached hydrogens (tertiary/aromatic N) is 3. The van der Waals surface area contributed by atoms with E-state index in [0.717, 1.165) is 37.7 Å². The van der Waals surface area contributed by atoms with Crippen molar-refractivity contribution < 1.29 is 14.5 Å². The van der Waals surface area contributed by atoms with Gasteiger partial charge in [0.15, 0.2) is 0 Å². The van der Waals surface area contributed by atoms with Crippen LogP contribution in [0.3, 0.4) is 0 Å². The Labute approximate surface area is 184 Å². The molecule has 0 aliphatic carbocycles. The van der Waals surface area contributed by atoms with Gasteiger partial charge in [-0.3, -0.25) is 19.7 Å². The first-order valence-corrected chi connectivity index (χ1v) is 11.0.